The van der Waals surface area contributed by atoms with Crippen molar-refractivity contribution in [1.29, 1.82) is 0 Å². The highest BCUT2D eigenvalue weighted by molar-refractivity contribution is 7.80. The lowest BCUT2D eigenvalue weighted by molar-refractivity contribution is 0.483. The zero-order valence-corrected chi connectivity index (χ0v) is 10.5. The first-order valence-corrected chi connectivity index (χ1v) is 6.17. The second-order valence-corrected chi connectivity index (χ2v) is 4.08. The molecule has 0 aromatic rings. The van der Waals surface area contributed by atoms with Gasteiger partial charge in [0.2, 0.25) is 0 Å². The van der Waals surface area contributed by atoms with Crippen LogP contribution in [0.15, 0.2) is 0 Å². The van der Waals surface area contributed by atoms with E-state index in [1.54, 1.807) is 0 Å². The van der Waals surface area contributed by atoms with E-state index in [-0.39, 0.29) is 0 Å². The van der Waals surface area contributed by atoms with Crippen LogP contribution in [0, 0.1) is 5.92 Å². The smallest absolute Gasteiger partial charge is 0.166 e. The van der Waals surface area contributed by atoms with Gasteiger partial charge in [-0.05, 0) is 24.6 Å². The van der Waals surface area contributed by atoms with E-state index in [0.717, 1.165) is 24.1 Å². The molecule has 0 aliphatic rings. The lowest BCUT2D eigenvalue weighted by Crippen LogP contribution is -2.38. The Bertz CT molecular complexity index is 144. The maximum atomic E-state index is 5.16. The van der Waals surface area contributed by atoms with Gasteiger partial charge in [-0.25, -0.2) is 0 Å². The van der Waals surface area contributed by atoms with Crippen LogP contribution < -0.4 is 10.6 Å². The summed E-state index contributed by atoms with van der Waals surface area (Å²) in [7, 11) is 0. The van der Waals surface area contributed by atoms with Gasteiger partial charge < -0.3 is 10.6 Å². The predicted octanol–water partition coefficient (Wildman–Crippen LogP) is 2.69. The Morgan fingerprint density at radius 1 is 1.14 bits per heavy atom. The van der Waals surface area contributed by atoms with E-state index in [1.165, 1.54) is 25.7 Å². The fourth-order valence-electron chi connectivity index (χ4n) is 1.26. The van der Waals surface area contributed by atoms with Crippen molar-refractivity contribution >= 4 is 17.3 Å². The summed E-state index contributed by atoms with van der Waals surface area (Å²) < 4.78 is 0. The van der Waals surface area contributed by atoms with Gasteiger partial charge in [0.1, 0.15) is 0 Å². The monoisotopic (exact) mass is 216 g/mol. The van der Waals surface area contributed by atoms with Crippen molar-refractivity contribution < 1.29 is 0 Å². The maximum Gasteiger partial charge on any atom is 0.166 e. The van der Waals surface area contributed by atoms with E-state index in [2.05, 4.69) is 31.4 Å². The van der Waals surface area contributed by atoms with Gasteiger partial charge in [0.25, 0.3) is 0 Å². The molecule has 0 saturated heterocycles. The molecule has 0 bridgehead atoms. The number of hydrogen-bond acceptors (Lipinski definition) is 1. The van der Waals surface area contributed by atoms with E-state index in [1.807, 2.05) is 0 Å². The van der Waals surface area contributed by atoms with Crippen molar-refractivity contribution in [2.24, 2.45) is 5.92 Å². The van der Waals surface area contributed by atoms with Crippen LogP contribution in [0.5, 0.6) is 0 Å². The minimum absolute atomic E-state index is 0.751. The Morgan fingerprint density at radius 2 is 1.79 bits per heavy atom. The molecular formula is C11H24N2S. The van der Waals surface area contributed by atoms with Crippen LogP contribution in [0.1, 0.15) is 46.5 Å². The molecule has 0 aromatic carbocycles. The Hall–Kier alpha value is -0.310. The third kappa shape index (κ3) is 7.13. The molecule has 84 valence electrons. The van der Waals surface area contributed by atoms with Crippen LogP contribution in [0.2, 0.25) is 0 Å². The zero-order chi connectivity index (χ0) is 10.8. The number of nitrogens with one attached hydrogen (secondary N) is 2. The highest BCUT2D eigenvalue weighted by Gasteiger charge is 2.03. The summed E-state index contributed by atoms with van der Waals surface area (Å²) in [5.74, 6) is 0.751. The molecule has 2 N–H and O–H groups in total. The topological polar surface area (TPSA) is 24.1 Å². The van der Waals surface area contributed by atoms with Gasteiger partial charge >= 0.3 is 0 Å². The van der Waals surface area contributed by atoms with E-state index < -0.39 is 0 Å². The minimum Gasteiger partial charge on any atom is -0.363 e. The normalized spacial score (nSPS) is 10.3. The summed E-state index contributed by atoms with van der Waals surface area (Å²) in [6, 6.07) is 0. The Morgan fingerprint density at radius 3 is 2.29 bits per heavy atom. The summed E-state index contributed by atoms with van der Waals surface area (Å²) in [5.41, 5.74) is 0. The van der Waals surface area contributed by atoms with Crippen LogP contribution >= 0.6 is 12.2 Å². The minimum atomic E-state index is 0.751. The summed E-state index contributed by atoms with van der Waals surface area (Å²) in [5, 5.41) is 7.28. The molecule has 2 nitrogen and oxygen atoms in total. The number of unbranched alkanes of at least 4 members (excludes halogenated alkanes) is 1. The van der Waals surface area contributed by atoms with Gasteiger partial charge in [-0.2, -0.15) is 0 Å². The first-order chi connectivity index (χ1) is 6.74. The van der Waals surface area contributed by atoms with Crippen molar-refractivity contribution in [3.8, 4) is 0 Å². The highest BCUT2D eigenvalue weighted by atomic mass is 32.1. The SMILES string of the molecule is CCCCNC(=S)NCC(CC)CC. The van der Waals surface area contributed by atoms with Gasteiger partial charge in [0.05, 0.1) is 0 Å². The van der Waals surface area contributed by atoms with Crippen LogP contribution in [-0.4, -0.2) is 18.2 Å². The molecule has 3 heteroatoms. The molecule has 0 aliphatic carbocycles. The highest BCUT2D eigenvalue weighted by Crippen LogP contribution is 2.04. The Balaban J connectivity index is 3.42. The van der Waals surface area contributed by atoms with E-state index in [4.69, 9.17) is 12.2 Å². The Kier molecular flexibility index (Phi) is 9.05. The van der Waals surface area contributed by atoms with Crippen LogP contribution in [0.3, 0.4) is 0 Å². The van der Waals surface area contributed by atoms with Crippen molar-refractivity contribution in [3.63, 3.8) is 0 Å². The molecule has 0 unspecified atom stereocenters. The number of thiocarbonyl (C=S) groups is 1. The lowest BCUT2D eigenvalue weighted by Gasteiger charge is -2.15. The van der Waals surface area contributed by atoms with Crippen molar-refractivity contribution in [2.45, 2.75) is 46.5 Å². The predicted molar refractivity (Wildman–Crippen MR) is 67.6 cm³/mol. The average Bonchev–Trinajstić information content (AvgIpc) is 2.20. The van der Waals surface area contributed by atoms with Gasteiger partial charge in [-0.1, -0.05) is 40.0 Å². The van der Waals surface area contributed by atoms with Crippen molar-refractivity contribution in [1.82, 2.24) is 10.6 Å². The fourth-order valence-corrected chi connectivity index (χ4v) is 1.44. The molecule has 0 heterocycles. The van der Waals surface area contributed by atoms with Crippen LogP contribution in [0.4, 0.5) is 0 Å². The van der Waals surface area contributed by atoms with E-state index in [9.17, 15) is 0 Å². The molecule has 0 rings (SSSR count). The standard InChI is InChI=1S/C11H24N2S/c1-4-7-8-12-11(14)13-9-10(5-2)6-3/h10H,4-9H2,1-3H3,(H2,12,13,14). The Labute approximate surface area is 93.8 Å². The van der Waals surface area contributed by atoms with Crippen LogP contribution in [0.25, 0.3) is 0 Å². The molecule has 0 spiro atoms. The first kappa shape index (κ1) is 13.7. The molecule has 0 atom stereocenters. The molecule has 0 radical (unpaired) electrons. The molecular weight excluding hydrogens is 192 g/mol. The third-order valence-corrected chi connectivity index (χ3v) is 2.81. The van der Waals surface area contributed by atoms with Crippen molar-refractivity contribution in [3.05, 3.63) is 0 Å². The quantitative estimate of drug-likeness (QED) is 0.505. The number of rotatable bonds is 7. The molecule has 0 saturated carbocycles. The third-order valence-electron chi connectivity index (χ3n) is 2.52. The maximum absolute atomic E-state index is 5.16. The fraction of sp³-hybridized carbons (Fsp3) is 0.909. The van der Waals surface area contributed by atoms with E-state index >= 15 is 0 Å². The summed E-state index contributed by atoms with van der Waals surface area (Å²) in [6.45, 7) is 8.63. The van der Waals surface area contributed by atoms with Gasteiger partial charge in [-0.3, -0.25) is 0 Å². The largest absolute Gasteiger partial charge is 0.363 e. The first-order valence-electron chi connectivity index (χ1n) is 5.76. The van der Waals surface area contributed by atoms with Gasteiger partial charge in [-0.15, -0.1) is 0 Å². The molecule has 14 heavy (non-hydrogen) atoms. The van der Waals surface area contributed by atoms with Gasteiger partial charge in [0, 0.05) is 13.1 Å². The lowest BCUT2D eigenvalue weighted by atomic mass is 10.0. The van der Waals surface area contributed by atoms with Gasteiger partial charge in [0.15, 0.2) is 5.11 Å². The summed E-state index contributed by atoms with van der Waals surface area (Å²) in [6.07, 6.45) is 4.84. The second-order valence-electron chi connectivity index (χ2n) is 3.67. The van der Waals surface area contributed by atoms with Crippen molar-refractivity contribution in [2.75, 3.05) is 13.1 Å². The van der Waals surface area contributed by atoms with E-state index in [0.29, 0.717) is 0 Å². The average molecular weight is 216 g/mol. The van der Waals surface area contributed by atoms with Crippen LogP contribution in [-0.2, 0) is 0 Å². The molecule has 0 aromatic heterocycles. The summed E-state index contributed by atoms with van der Waals surface area (Å²) >= 11 is 5.16. The number of hydrogen-bond donors (Lipinski definition) is 2. The second kappa shape index (κ2) is 9.25. The molecule has 0 fully saturated rings. The molecule has 0 aliphatic heterocycles. The zero-order valence-electron chi connectivity index (χ0n) is 9.73. The molecule has 0 amide bonds. The summed E-state index contributed by atoms with van der Waals surface area (Å²) in [4.78, 5) is 0.